The van der Waals surface area contributed by atoms with Crippen molar-refractivity contribution in [2.45, 2.75) is 31.9 Å². The second-order valence-electron chi connectivity index (χ2n) is 3.81. The van der Waals surface area contributed by atoms with Gasteiger partial charge >= 0.3 is 0 Å². The van der Waals surface area contributed by atoms with Crippen molar-refractivity contribution < 1.29 is 9.59 Å². The number of nitrogens with zero attached hydrogens (tertiary/aromatic N) is 1. The van der Waals surface area contributed by atoms with Gasteiger partial charge in [0.05, 0.1) is 0 Å². The van der Waals surface area contributed by atoms with Crippen molar-refractivity contribution in [2.24, 2.45) is 5.92 Å². The Morgan fingerprint density at radius 2 is 2.08 bits per heavy atom. The van der Waals surface area contributed by atoms with Gasteiger partial charge in [-0.2, -0.15) is 0 Å². The SMILES string of the molecule is CC(C)CC1(C)SC(=O)N(S)C1=O. The van der Waals surface area contributed by atoms with E-state index in [9.17, 15) is 9.59 Å². The Morgan fingerprint density at radius 1 is 1.54 bits per heavy atom. The largest absolute Gasteiger partial charge is 0.299 e. The molecule has 0 N–H and O–H groups in total. The third-order valence-corrected chi connectivity index (χ3v) is 3.58. The van der Waals surface area contributed by atoms with Crippen LogP contribution in [0.4, 0.5) is 4.79 Å². The molecule has 1 unspecified atom stereocenters. The zero-order valence-corrected chi connectivity index (χ0v) is 9.61. The van der Waals surface area contributed by atoms with Gasteiger partial charge in [-0.3, -0.25) is 9.59 Å². The summed E-state index contributed by atoms with van der Waals surface area (Å²) in [5.74, 6) is 0.202. The van der Waals surface area contributed by atoms with E-state index in [0.717, 1.165) is 16.1 Å². The minimum Gasteiger partial charge on any atom is -0.272 e. The van der Waals surface area contributed by atoms with Crippen LogP contribution < -0.4 is 0 Å². The van der Waals surface area contributed by atoms with Gasteiger partial charge in [-0.15, -0.1) is 0 Å². The molecule has 3 nitrogen and oxygen atoms in total. The first-order valence-electron chi connectivity index (χ1n) is 4.13. The van der Waals surface area contributed by atoms with E-state index >= 15 is 0 Å². The van der Waals surface area contributed by atoms with Crippen molar-refractivity contribution in [3.8, 4) is 0 Å². The standard InChI is InChI=1S/C8H13NO2S2/c1-5(2)4-8(3)6(10)9(12)7(11)13-8/h5,12H,4H2,1-3H3. The normalized spacial score (nSPS) is 29.2. The van der Waals surface area contributed by atoms with Crippen LogP contribution in [0.2, 0.25) is 0 Å². The highest BCUT2D eigenvalue weighted by Gasteiger charge is 2.48. The fraction of sp³-hybridized carbons (Fsp3) is 0.750. The molecule has 1 heterocycles. The summed E-state index contributed by atoms with van der Waals surface area (Å²) in [6, 6.07) is 0. The molecular weight excluding hydrogens is 206 g/mol. The number of carbonyl (C=O) groups is 2. The van der Waals surface area contributed by atoms with E-state index in [1.54, 1.807) is 6.92 Å². The summed E-state index contributed by atoms with van der Waals surface area (Å²) in [7, 11) is 0. The lowest BCUT2D eigenvalue weighted by atomic mass is 9.97. The van der Waals surface area contributed by atoms with Crippen LogP contribution in [0.3, 0.4) is 0 Å². The van der Waals surface area contributed by atoms with E-state index in [4.69, 9.17) is 0 Å². The maximum absolute atomic E-state index is 11.6. The predicted molar refractivity (Wildman–Crippen MR) is 56.7 cm³/mol. The maximum Gasteiger partial charge on any atom is 0.299 e. The molecule has 0 aromatic carbocycles. The third kappa shape index (κ3) is 2.02. The first-order chi connectivity index (χ1) is 5.87. The molecule has 5 heteroatoms. The second kappa shape index (κ2) is 3.53. The number of thioether (sulfide) groups is 1. The van der Waals surface area contributed by atoms with Gasteiger partial charge < -0.3 is 0 Å². The Bertz CT molecular complexity index is 255. The molecule has 1 rings (SSSR count). The lowest BCUT2D eigenvalue weighted by Gasteiger charge is -2.20. The van der Waals surface area contributed by atoms with E-state index in [0.29, 0.717) is 12.3 Å². The van der Waals surface area contributed by atoms with Crippen molar-refractivity contribution in [1.29, 1.82) is 0 Å². The van der Waals surface area contributed by atoms with E-state index < -0.39 is 4.75 Å². The molecule has 0 aromatic rings. The molecule has 0 aromatic heterocycles. The van der Waals surface area contributed by atoms with Gasteiger partial charge in [0.2, 0.25) is 0 Å². The maximum atomic E-state index is 11.6. The van der Waals surface area contributed by atoms with Crippen LogP contribution in [0.15, 0.2) is 0 Å². The second-order valence-corrected chi connectivity index (χ2v) is 5.67. The molecule has 0 aliphatic carbocycles. The molecule has 1 saturated heterocycles. The van der Waals surface area contributed by atoms with Crippen LogP contribution in [-0.2, 0) is 4.79 Å². The number of hydrogen-bond donors (Lipinski definition) is 1. The van der Waals surface area contributed by atoms with Gasteiger partial charge in [0, 0.05) is 0 Å². The van der Waals surface area contributed by atoms with Crippen LogP contribution in [0.1, 0.15) is 27.2 Å². The highest BCUT2D eigenvalue weighted by Crippen LogP contribution is 2.42. The average molecular weight is 219 g/mol. The Kier molecular flexibility index (Phi) is 2.97. The number of hydrogen-bond acceptors (Lipinski definition) is 4. The molecule has 1 aliphatic rings. The topological polar surface area (TPSA) is 37.4 Å². The Hall–Kier alpha value is -0.160. The minimum absolute atomic E-state index is 0.195. The first kappa shape index (κ1) is 10.9. The number of carbonyl (C=O) groups excluding carboxylic acids is 2. The number of rotatable bonds is 2. The van der Waals surface area contributed by atoms with Gasteiger partial charge in [-0.05, 0) is 31.0 Å². The molecule has 0 saturated carbocycles. The average Bonchev–Trinajstić information content (AvgIpc) is 2.14. The van der Waals surface area contributed by atoms with Gasteiger partial charge in [-0.25, -0.2) is 4.31 Å². The fourth-order valence-electron chi connectivity index (χ4n) is 1.49. The monoisotopic (exact) mass is 219 g/mol. The summed E-state index contributed by atoms with van der Waals surface area (Å²) >= 11 is 4.90. The molecule has 13 heavy (non-hydrogen) atoms. The van der Waals surface area contributed by atoms with Gasteiger partial charge in [-0.1, -0.05) is 26.7 Å². The smallest absolute Gasteiger partial charge is 0.272 e. The third-order valence-electron chi connectivity index (χ3n) is 1.93. The Morgan fingerprint density at radius 3 is 2.38 bits per heavy atom. The fourth-order valence-corrected chi connectivity index (χ4v) is 3.06. The molecule has 0 bridgehead atoms. The van der Waals surface area contributed by atoms with Crippen LogP contribution in [0.25, 0.3) is 0 Å². The highest BCUT2D eigenvalue weighted by molar-refractivity contribution is 8.17. The van der Waals surface area contributed by atoms with Crippen LogP contribution in [0, 0.1) is 5.92 Å². The molecule has 0 spiro atoms. The van der Waals surface area contributed by atoms with Crippen LogP contribution in [-0.4, -0.2) is 20.2 Å². The molecular formula is C8H13NO2S2. The van der Waals surface area contributed by atoms with Crippen LogP contribution >= 0.6 is 24.6 Å². The number of amides is 2. The number of thiol groups is 1. The summed E-state index contributed by atoms with van der Waals surface area (Å²) in [6.07, 6.45) is 0.708. The van der Waals surface area contributed by atoms with E-state index in [1.165, 1.54) is 0 Å². The summed E-state index contributed by atoms with van der Waals surface area (Å²) in [4.78, 5) is 22.8. The van der Waals surface area contributed by atoms with E-state index in [-0.39, 0.29) is 11.1 Å². The quantitative estimate of drug-likeness (QED) is 0.724. The zero-order chi connectivity index (χ0) is 10.2. The van der Waals surface area contributed by atoms with E-state index in [2.05, 4.69) is 12.8 Å². The Balaban J connectivity index is 2.81. The minimum atomic E-state index is -0.604. The summed E-state index contributed by atoms with van der Waals surface area (Å²) < 4.78 is 0.306. The summed E-state index contributed by atoms with van der Waals surface area (Å²) in [5, 5.41) is -0.267. The molecule has 1 aliphatic heterocycles. The molecule has 0 radical (unpaired) electrons. The van der Waals surface area contributed by atoms with Crippen molar-refractivity contribution in [1.82, 2.24) is 4.31 Å². The van der Waals surface area contributed by atoms with Gasteiger partial charge in [0.15, 0.2) is 0 Å². The molecule has 74 valence electrons. The first-order valence-corrected chi connectivity index (χ1v) is 5.35. The molecule has 1 atom stereocenters. The van der Waals surface area contributed by atoms with Crippen molar-refractivity contribution in [3.05, 3.63) is 0 Å². The van der Waals surface area contributed by atoms with E-state index in [1.807, 2.05) is 13.8 Å². The molecule has 1 fully saturated rings. The Labute approximate surface area is 87.8 Å². The summed E-state index contributed by atoms with van der Waals surface area (Å²) in [5.41, 5.74) is 0. The lowest BCUT2D eigenvalue weighted by molar-refractivity contribution is -0.125. The van der Waals surface area contributed by atoms with Crippen molar-refractivity contribution >= 4 is 35.7 Å². The van der Waals surface area contributed by atoms with Gasteiger partial charge in [0.1, 0.15) is 4.75 Å². The number of imide groups is 1. The zero-order valence-electron chi connectivity index (χ0n) is 7.90. The van der Waals surface area contributed by atoms with Crippen LogP contribution in [0.5, 0.6) is 0 Å². The summed E-state index contributed by atoms with van der Waals surface area (Å²) in [6.45, 7) is 5.86. The van der Waals surface area contributed by atoms with Gasteiger partial charge in [0.25, 0.3) is 11.1 Å². The highest BCUT2D eigenvalue weighted by atomic mass is 32.2. The van der Waals surface area contributed by atoms with Crippen molar-refractivity contribution in [3.63, 3.8) is 0 Å². The predicted octanol–water partition coefficient (Wildman–Crippen LogP) is 2.33. The lowest BCUT2D eigenvalue weighted by Crippen LogP contribution is -2.33. The molecule has 2 amide bonds. The van der Waals surface area contributed by atoms with Crippen molar-refractivity contribution in [2.75, 3.05) is 0 Å².